The van der Waals surface area contributed by atoms with Crippen molar-refractivity contribution in [1.82, 2.24) is 24.9 Å². The first kappa shape index (κ1) is 31.4. The monoisotopic (exact) mass is 646 g/mol. The van der Waals surface area contributed by atoms with Gasteiger partial charge in [-0.05, 0) is 78.6 Å². The average molecular weight is 647 g/mol. The third-order valence-corrected chi connectivity index (χ3v) is 12.0. The van der Waals surface area contributed by atoms with E-state index in [2.05, 4.69) is 55.6 Å². The number of likely N-dealkylation sites (tertiary alicyclic amines) is 1. The number of thiophene rings is 1. The molecular formula is C34H46N8O3S. The minimum absolute atomic E-state index is 0.00717. The molecule has 0 radical (unpaired) electrons. The van der Waals surface area contributed by atoms with E-state index >= 15 is 0 Å². The molecule has 0 amide bonds. The van der Waals surface area contributed by atoms with Crippen LogP contribution in [0.15, 0.2) is 10.6 Å². The Morgan fingerprint density at radius 2 is 2.04 bits per heavy atom. The molecule has 3 atom stereocenters. The molecule has 246 valence electrons. The lowest BCUT2D eigenvalue weighted by molar-refractivity contribution is -0.134. The van der Waals surface area contributed by atoms with Crippen LogP contribution in [0, 0.1) is 11.3 Å². The van der Waals surface area contributed by atoms with Gasteiger partial charge < -0.3 is 24.6 Å². The summed E-state index contributed by atoms with van der Waals surface area (Å²) in [6.07, 6.45) is 6.66. The largest absolute Gasteiger partial charge is 0.473 e. The molecule has 0 unspecified atom stereocenters. The third kappa shape index (κ3) is 5.16. The smallest absolute Gasteiger partial charge is 0.219 e. The molecule has 3 saturated heterocycles. The number of ether oxygens (including phenoxy) is 2. The normalized spacial score (nSPS) is 25.3. The quantitative estimate of drug-likeness (QED) is 0.368. The lowest BCUT2D eigenvalue weighted by Gasteiger charge is -2.54. The molecule has 7 rings (SSSR count). The van der Waals surface area contributed by atoms with Crippen molar-refractivity contribution in [2.24, 2.45) is 0 Å². The molecule has 3 aromatic heterocycles. The fourth-order valence-corrected chi connectivity index (χ4v) is 9.36. The zero-order valence-electron chi connectivity index (χ0n) is 27.8. The summed E-state index contributed by atoms with van der Waals surface area (Å²) in [6, 6.07) is 4.73. The number of anilines is 2. The van der Waals surface area contributed by atoms with Crippen molar-refractivity contribution in [1.29, 1.82) is 5.26 Å². The Kier molecular flexibility index (Phi) is 8.24. The zero-order chi connectivity index (χ0) is 32.2. The first-order valence-corrected chi connectivity index (χ1v) is 17.6. The van der Waals surface area contributed by atoms with E-state index in [-0.39, 0.29) is 11.6 Å². The van der Waals surface area contributed by atoms with Crippen molar-refractivity contribution in [3.8, 4) is 23.5 Å². The summed E-state index contributed by atoms with van der Waals surface area (Å²) in [5.41, 5.74) is 9.07. The molecule has 1 aliphatic carbocycles. The first-order chi connectivity index (χ1) is 22.2. The summed E-state index contributed by atoms with van der Waals surface area (Å²) in [5, 5.41) is 15.4. The van der Waals surface area contributed by atoms with E-state index in [1.807, 2.05) is 6.07 Å². The highest BCUT2D eigenvalue weighted by Gasteiger charge is 2.47. The Morgan fingerprint density at radius 1 is 1.22 bits per heavy atom. The number of rotatable bonds is 8. The van der Waals surface area contributed by atoms with Gasteiger partial charge in [-0.2, -0.15) is 10.2 Å². The van der Waals surface area contributed by atoms with Crippen LogP contribution in [0.5, 0.6) is 5.88 Å². The summed E-state index contributed by atoms with van der Waals surface area (Å²) in [4.78, 5) is 18.5. The molecular weight excluding hydrogens is 600 g/mol. The molecule has 0 aromatic carbocycles. The highest BCUT2D eigenvalue weighted by atomic mass is 32.1. The Bertz CT molecular complexity index is 1640. The van der Waals surface area contributed by atoms with Crippen molar-refractivity contribution in [3.05, 3.63) is 33.4 Å². The molecule has 3 aromatic rings. The van der Waals surface area contributed by atoms with Gasteiger partial charge in [-0.1, -0.05) is 18.5 Å². The lowest BCUT2D eigenvalue weighted by Crippen LogP contribution is -2.70. The van der Waals surface area contributed by atoms with E-state index in [1.54, 1.807) is 0 Å². The van der Waals surface area contributed by atoms with Gasteiger partial charge in [0.25, 0.3) is 0 Å². The maximum absolute atomic E-state index is 10.1. The molecule has 11 nitrogen and oxygen atoms in total. The van der Waals surface area contributed by atoms with Crippen LogP contribution in [-0.2, 0) is 23.0 Å². The van der Waals surface area contributed by atoms with Gasteiger partial charge in [0.2, 0.25) is 5.88 Å². The SMILES string of the molecule is CCCc1c(-c2nc(O[C@@H](C)[C@@H]3CCCN3C)cc(N3CCN(C)C4(COC4)C3)n2)noc1[C@@]1(C)CCCc2sc(N)c(C#N)c21. The van der Waals surface area contributed by atoms with E-state index in [9.17, 15) is 5.26 Å². The number of nitrogens with two attached hydrogens (primary N) is 1. The predicted molar refractivity (Wildman–Crippen MR) is 178 cm³/mol. The van der Waals surface area contributed by atoms with Gasteiger partial charge in [0.15, 0.2) is 17.3 Å². The summed E-state index contributed by atoms with van der Waals surface area (Å²) in [7, 11) is 4.35. The van der Waals surface area contributed by atoms with Gasteiger partial charge in [0, 0.05) is 42.2 Å². The fraction of sp³-hybridized carbons (Fsp3) is 0.647. The Balaban J connectivity index is 1.32. The maximum Gasteiger partial charge on any atom is 0.219 e. The van der Waals surface area contributed by atoms with Gasteiger partial charge in [0.05, 0.1) is 29.7 Å². The number of aromatic nitrogens is 3. The highest BCUT2D eigenvalue weighted by Crippen LogP contribution is 2.51. The lowest BCUT2D eigenvalue weighted by atomic mass is 9.69. The molecule has 1 spiro atoms. The Hall–Kier alpha value is -3.24. The minimum Gasteiger partial charge on any atom is -0.473 e. The molecule has 46 heavy (non-hydrogen) atoms. The van der Waals surface area contributed by atoms with Gasteiger partial charge in [-0.25, -0.2) is 4.98 Å². The molecule has 0 bridgehead atoms. The Morgan fingerprint density at radius 3 is 2.74 bits per heavy atom. The summed E-state index contributed by atoms with van der Waals surface area (Å²) in [5.74, 6) is 2.70. The number of hydrogen-bond acceptors (Lipinski definition) is 12. The van der Waals surface area contributed by atoms with Crippen LogP contribution in [0.2, 0.25) is 0 Å². The summed E-state index contributed by atoms with van der Waals surface area (Å²) < 4.78 is 18.6. The van der Waals surface area contributed by atoms with Crippen LogP contribution in [-0.4, -0.2) is 96.1 Å². The topological polar surface area (TPSA) is 130 Å². The molecule has 4 aliphatic rings. The van der Waals surface area contributed by atoms with Crippen LogP contribution in [0.3, 0.4) is 0 Å². The Labute approximate surface area is 275 Å². The van der Waals surface area contributed by atoms with Crippen LogP contribution >= 0.6 is 11.3 Å². The molecule has 3 fully saturated rings. The average Bonchev–Trinajstić information content (AvgIpc) is 3.73. The van der Waals surface area contributed by atoms with Crippen molar-refractivity contribution in [2.75, 3.05) is 64.1 Å². The van der Waals surface area contributed by atoms with Gasteiger partial charge in [-0.15, -0.1) is 11.3 Å². The first-order valence-electron chi connectivity index (χ1n) is 16.8. The number of likely N-dealkylation sites (N-methyl/N-ethyl adjacent to an activating group) is 2. The van der Waals surface area contributed by atoms with Crippen molar-refractivity contribution < 1.29 is 14.0 Å². The standard InChI is InChI=1S/C34H46N8O3S/c1-6-9-22-29(39-45-30(22)33(3)12-7-11-25-28(33)23(17-35)31(36)46-25)32-37-26(42-15-14-41(5)34(18-42)19-43-20-34)16-27(38-32)44-21(2)24-10-8-13-40(24)4/h16,21,24H,6-15,18-20,36H2,1-5H3/t21-,24-,33-/m0/s1. The van der Waals surface area contributed by atoms with Crippen LogP contribution < -0.4 is 15.4 Å². The molecule has 3 aliphatic heterocycles. The number of aryl methyl sites for hydroxylation is 1. The number of nitrogen functional groups attached to an aromatic ring is 1. The van der Waals surface area contributed by atoms with Crippen LogP contribution in [0.25, 0.3) is 11.5 Å². The van der Waals surface area contributed by atoms with E-state index in [0.29, 0.717) is 34.0 Å². The second kappa shape index (κ2) is 12.1. The van der Waals surface area contributed by atoms with Gasteiger partial charge >= 0.3 is 0 Å². The van der Waals surface area contributed by atoms with Crippen molar-refractivity contribution in [2.45, 2.75) is 88.8 Å². The number of hydrogen-bond donors (Lipinski definition) is 1. The zero-order valence-corrected chi connectivity index (χ0v) is 28.6. The summed E-state index contributed by atoms with van der Waals surface area (Å²) in [6.45, 7) is 11.6. The number of nitriles is 1. The van der Waals surface area contributed by atoms with Crippen molar-refractivity contribution in [3.63, 3.8) is 0 Å². The van der Waals surface area contributed by atoms with E-state index < -0.39 is 5.41 Å². The number of nitrogens with zero attached hydrogens (tertiary/aromatic N) is 7. The van der Waals surface area contributed by atoms with E-state index in [0.717, 1.165) is 101 Å². The number of fused-ring (bicyclic) bond motifs is 1. The maximum atomic E-state index is 10.1. The van der Waals surface area contributed by atoms with Crippen molar-refractivity contribution >= 4 is 22.2 Å². The molecule has 2 N–H and O–H groups in total. The van der Waals surface area contributed by atoms with Gasteiger partial charge in [-0.3, -0.25) is 9.80 Å². The van der Waals surface area contributed by atoms with Gasteiger partial charge in [0.1, 0.15) is 23.0 Å². The number of piperazine rings is 1. The van der Waals surface area contributed by atoms with E-state index in [1.165, 1.54) is 22.6 Å². The fourth-order valence-electron chi connectivity index (χ4n) is 8.17. The van der Waals surface area contributed by atoms with Crippen LogP contribution in [0.4, 0.5) is 10.8 Å². The predicted octanol–water partition coefficient (Wildman–Crippen LogP) is 4.62. The van der Waals surface area contributed by atoms with Crippen LogP contribution in [0.1, 0.15) is 80.2 Å². The second-order valence-electron chi connectivity index (χ2n) is 14.0. The molecule has 12 heteroatoms. The van der Waals surface area contributed by atoms with E-state index in [4.69, 9.17) is 34.9 Å². The third-order valence-electron chi connectivity index (χ3n) is 10.9. The molecule has 6 heterocycles. The molecule has 0 saturated carbocycles. The minimum atomic E-state index is -0.519. The summed E-state index contributed by atoms with van der Waals surface area (Å²) >= 11 is 1.53. The highest BCUT2D eigenvalue weighted by molar-refractivity contribution is 7.16. The second-order valence-corrected chi connectivity index (χ2v) is 15.1.